The van der Waals surface area contributed by atoms with Crippen molar-refractivity contribution in [3.05, 3.63) is 118 Å². The van der Waals surface area contributed by atoms with Gasteiger partial charge < -0.3 is 9.97 Å². The van der Waals surface area contributed by atoms with Crippen molar-refractivity contribution in [3.63, 3.8) is 0 Å². The zero-order chi connectivity index (χ0) is 40.9. The van der Waals surface area contributed by atoms with E-state index in [-0.39, 0.29) is 55.2 Å². The molecule has 0 spiro atoms. The molecule has 4 heterocycles. The minimum Gasteiger partial charge on any atom is -0.320 e. The van der Waals surface area contributed by atoms with Gasteiger partial charge in [-0.1, -0.05) is 85.6 Å². The number of unbranched alkanes of at least 4 members (excludes halogenated alkanes) is 1. The molecule has 0 aromatic carbocycles. The number of pyridine rings is 3. The summed E-state index contributed by atoms with van der Waals surface area (Å²) in [7, 11) is 0. The zero-order valence-corrected chi connectivity index (χ0v) is 25.2. The zero-order valence-electron chi connectivity index (χ0n) is 38.0. The van der Waals surface area contributed by atoms with Crippen molar-refractivity contribution in [1.29, 1.82) is 0 Å². The minimum atomic E-state index is -2.77. The van der Waals surface area contributed by atoms with Gasteiger partial charge in [0.1, 0.15) is 4.83 Å². The summed E-state index contributed by atoms with van der Waals surface area (Å²) >= 11 is 1.39. The molecular weight excluding hydrogens is 687 g/mol. The first-order chi connectivity index (χ1) is 25.5. The quantitative estimate of drug-likeness (QED) is 0.190. The average Bonchev–Trinajstić information content (AvgIpc) is 3.48. The summed E-state index contributed by atoms with van der Waals surface area (Å²) in [6, 6.07) is 0.813. The topological polar surface area (TPSA) is 38.7 Å². The van der Waals surface area contributed by atoms with Crippen molar-refractivity contribution in [2.75, 3.05) is 0 Å². The molecule has 4 aromatic heterocycles. The van der Waals surface area contributed by atoms with Crippen LogP contribution in [0.4, 0.5) is 0 Å². The van der Waals surface area contributed by atoms with Gasteiger partial charge in [0.15, 0.2) is 0 Å². The number of allylic oxidation sites excluding steroid dienone is 4. The van der Waals surface area contributed by atoms with Gasteiger partial charge in [0.05, 0.1) is 8.22 Å². The Balaban J connectivity index is 0.000000258. The molecule has 6 rings (SSSR count). The predicted molar refractivity (Wildman–Crippen MR) is 167 cm³/mol. The van der Waals surface area contributed by atoms with Gasteiger partial charge in [0.2, 0.25) is 0 Å². The Kier molecular flexibility index (Phi) is 5.39. The summed E-state index contributed by atoms with van der Waals surface area (Å²) in [6.45, 7) is -1.19. The van der Waals surface area contributed by atoms with Crippen molar-refractivity contribution in [2.45, 2.75) is 65.5 Å². The summed E-state index contributed by atoms with van der Waals surface area (Å²) in [6.07, 6.45) is 7.96. The number of hydrogen-bond donors (Lipinski definition) is 0. The minimum absolute atomic E-state index is 0. The van der Waals surface area contributed by atoms with Crippen LogP contribution in [0.25, 0.3) is 27.4 Å². The fraction of sp³-hybridized carbons (Fsp3) is 0.286. The van der Waals surface area contributed by atoms with Crippen molar-refractivity contribution < 1.29 is 42.0 Å². The number of aryl methyl sites for hydroxylation is 1. The van der Waals surface area contributed by atoms with E-state index >= 15 is 0 Å². The Morgan fingerprint density at radius 3 is 2.90 bits per heavy atom. The number of nitrogens with zero attached hydrogens (tertiary/aromatic N) is 3. The van der Waals surface area contributed by atoms with Crippen LogP contribution in [0.5, 0.6) is 0 Å². The molecule has 1 radical (unpaired) electrons. The maximum atomic E-state index is 8.67. The average molecular weight is 740 g/mol. The molecule has 40 heavy (non-hydrogen) atoms. The number of rotatable bonds is 6. The third-order valence-corrected chi connectivity index (χ3v) is 7.33. The molecule has 2 unspecified atom stereocenters. The van der Waals surface area contributed by atoms with E-state index < -0.39 is 61.9 Å². The third-order valence-electron chi connectivity index (χ3n) is 6.18. The second-order valence-electron chi connectivity index (χ2n) is 8.94. The Morgan fingerprint density at radius 2 is 2.05 bits per heavy atom. The summed E-state index contributed by atoms with van der Waals surface area (Å²) in [5.74, 6) is -0.957. The number of hydrogen-bond acceptors (Lipinski definition) is 4. The number of thiophene rings is 1. The largest absolute Gasteiger partial charge is 0.320 e. The van der Waals surface area contributed by atoms with Crippen LogP contribution in [-0.2, 0) is 20.1 Å². The van der Waals surface area contributed by atoms with Gasteiger partial charge in [-0.2, -0.15) is 35.8 Å². The van der Waals surface area contributed by atoms with E-state index in [1.54, 1.807) is 25.3 Å². The van der Waals surface area contributed by atoms with E-state index in [1.165, 1.54) is 11.3 Å². The van der Waals surface area contributed by atoms with Crippen molar-refractivity contribution >= 4 is 38.8 Å². The van der Waals surface area contributed by atoms with Crippen molar-refractivity contribution in [3.8, 4) is 0 Å². The number of aromatic nitrogens is 3. The van der Waals surface area contributed by atoms with Crippen LogP contribution in [-0.4, -0.2) is 15.0 Å². The molecule has 0 aliphatic heterocycles. The van der Waals surface area contributed by atoms with E-state index in [0.717, 1.165) is 40.0 Å². The summed E-state index contributed by atoms with van der Waals surface area (Å²) < 4.78 is 126. The van der Waals surface area contributed by atoms with Gasteiger partial charge in [0.25, 0.3) is 0 Å². The monoisotopic (exact) mass is 740 g/mol. The smallest absolute Gasteiger partial charge is 0.111 e. The summed E-state index contributed by atoms with van der Waals surface area (Å²) in [5, 5.41) is 1.85. The molecule has 0 saturated carbocycles. The van der Waals surface area contributed by atoms with Gasteiger partial charge in [-0.15, -0.1) is 17.7 Å². The molecule has 0 amide bonds. The standard InChI is InChI=1S/C23H25N2S.C12H12N.Ir/c1-4-5-7-15(2)17-11-13-21(24-14-17)20-9-6-8-18-19-12-10-16(3)25-23(19)26-22(18)20;1-10-7-8-12(13-9-10)11-5-3-2-4-6-11;/h8-15H,4-7H2,1-3H3;2-3,5-9H,4H2,1H3;/q2*-1;/i3D3,11D,13D,15D;1D3,2D,3D,4D,5D,7D,8D,9D;. The van der Waals surface area contributed by atoms with Crippen LogP contribution in [0.1, 0.15) is 102 Å². The van der Waals surface area contributed by atoms with E-state index in [4.69, 9.17) is 21.9 Å². The van der Waals surface area contributed by atoms with E-state index in [0.29, 0.717) is 28.9 Å². The maximum Gasteiger partial charge on any atom is 0.111 e. The molecule has 2 aliphatic carbocycles. The maximum absolute atomic E-state index is 8.67. The SMILES string of the molecule is [2H]C1=C(c2nc([2H])c(C([2H])([2H])[2H])c([2H])c2[2H])[CH-]C([2H])C([2H])=C1[2H].[2H]c1c(C([2H])(C)CCCC)cnc(C2=c3sc4nc(C([2H])([2H])[2H])ccc4c3=CC[CH-]2)c1[2H].[Ir]. The first-order valence-corrected chi connectivity index (χ1v) is 13.4. The molecule has 2 atom stereocenters. The second kappa shape index (κ2) is 14.1. The van der Waals surface area contributed by atoms with Crippen LogP contribution < -0.4 is 9.75 Å². The van der Waals surface area contributed by atoms with Crippen LogP contribution in [0, 0.1) is 26.5 Å². The van der Waals surface area contributed by atoms with Crippen LogP contribution in [0.3, 0.4) is 0 Å². The Hall–Kier alpha value is -2.98. The summed E-state index contributed by atoms with van der Waals surface area (Å²) in [5.41, 5.74) is 0.659. The summed E-state index contributed by atoms with van der Waals surface area (Å²) in [4.78, 5) is 13.3. The Labute approximate surface area is 278 Å². The van der Waals surface area contributed by atoms with Gasteiger partial charge in [-0.25, -0.2) is 4.98 Å². The van der Waals surface area contributed by atoms with E-state index in [1.807, 2.05) is 6.42 Å². The van der Waals surface area contributed by atoms with Crippen LogP contribution in [0.15, 0.2) is 66.8 Å². The fourth-order valence-electron chi connectivity index (χ4n) is 4.11. The van der Waals surface area contributed by atoms with E-state index in [2.05, 4.69) is 28.0 Å². The van der Waals surface area contributed by atoms with Crippen molar-refractivity contribution in [1.82, 2.24) is 15.0 Å². The van der Waals surface area contributed by atoms with Gasteiger partial charge in [-0.05, 0) is 56.0 Å². The molecule has 5 heteroatoms. The molecule has 0 saturated heterocycles. The fourth-order valence-corrected chi connectivity index (χ4v) is 5.33. The molecule has 2 aliphatic rings. The molecular formula is C35H37IrN3S-2. The molecule has 0 bridgehead atoms. The molecule has 3 nitrogen and oxygen atoms in total. The first kappa shape index (κ1) is 15.3. The Morgan fingerprint density at radius 1 is 1.15 bits per heavy atom. The second-order valence-corrected chi connectivity index (χ2v) is 9.94. The molecule has 0 N–H and O–H groups in total. The van der Waals surface area contributed by atoms with Crippen LogP contribution in [0.2, 0.25) is 0 Å². The number of fused-ring (bicyclic) bond motifs is 3. The molecule has 209 valence electrons. The van der Waals surface area contributed by atoms with Crippen molar-refractivity contribution in [2.24, 2.45) is 0 Å². The van der Waals surface area contributed by atoms with Crippen LogP contribution >= 0.6 is 11.3 Å². The predicted octanol–water partition coefficient (Wildman–Crippen LogP) is 7.82. The third kappa shape index (κ3) is 7.01. The first-order valence-electron chi connectivity index (χ1n) is 20.7. The van der Waals surface area contributed by atoms with E-state index in [9.17, 15) is 0 Å². The van der Waals surface area contributed by atoms with Gasteiger partial charge in [0, 0.05) is 55.9 Å². The molecule has 4 aromatic rings. The van der Waals surface area contributed by atoms with Gasteiger partial charge in [-0.3, -0.25) is 0 Å². The normalized spacial score (nSPS) is 24.1. The Bertz CT molecular complexity index is 2360. The molecule has 0 fully saturated rings. The van der Waals surface area contributed by atoms with Gasteiger partial charge >= 0.3 is 0 Å².